The topological polar surface area (TPSA) is 27.7 Å². The summed E-state index contributed by atoms with van der Waals surface area (Å²) in [5.74, 6) is 0. The van der Waals surface area contributed by atoms with Crippen molar-refractivity contribution in [1.82, 2.24) is 0 Å². The van der Waals surface area contributed by atoms with Gasteiger partial charge in [0.05, 0.1) is 25.9 Å². The highest BCUT2D eigenvalue weighted by atomic mass is 16.6. The van der Waals surface area contributed by atoms with Crippen molar-refractivity contribution in [3.8, 4) is 0 Å². The Morgan fingerprint density at radius 3 is 3.08 bits per heavy atom. The van der Waals surface area contributed by atoms with Crippen molar-refractivity contribution in [3.05, 3.63) is 0 Å². The lowest BCUT2D eigenvalue weighted by Gasteiger charge is -2.13. The quantitative estimate of drug-likeness (QED) is 0.613. The minimum atomic E-state index is 0.249. The van der Waals surface area contributed by atoms with Gasteiger partial charge in [-0.25, -0.2) is 0 Å². The molecule has 78 valence electrons. The van der Waals surface area contributed by atoms with Gasteiger partial charge in [0.2, 0.25) is 0 Å². The highest BCUT2D eigenvalue weighted by Crippen LogP contribution is 2.04. The molecular formula is C10H20O3. The molecule has 0 N–H and O–H groups in total. The second kappa shape index (κ2) is 7.30. The second-order valence-corrected chi connectivity index (χ2v) is 3.32. The summed E-state index contributed by atoms with van der Waals surface area (Å²) < 4.78 is 16.3. The maximum absolute atomic E-state index is 5.53. The van der Waals surface area contributed by atoms with E-state index in [4.69, 9.17) is 14.2 Å². The van der Waals surface area contributed by atoms with Gasteiger partial charge in [0.25, 0.3) is 0 Å². The van der Waals surface area contributed by atoms with E-state index in [1.807, 2.05) is 0 Å². The van der Waals surface area contributed by atoms with E-state index in [2.05, 4.69) is 6.92 Å². The van der Waals surface area contributed by atoms with Crippen LogP contribution < -0.4 is 0 Å². The third-order valence-electron chi connectivity index (χ3n) is 2.11. The Kier molecular flexibility index (Phi) is 6.15. The van der Waals surface area contributed by atoms with E-state index in [1.165, 1.54) is 6.42 Å². The normalized spacial score (nSPS) is 24.2. The molecule has 0 amide bonds. The monoisotopic (exact) mass is 188 g/mol. The lowest BCUT2D eigenvalue weighted by atomic mass is 10.3. The molecule has 1 atom stereocenters. The molecule has 1 aliphatic heterocycles. The van der Waals surface area contributed by atoms with Crippen LogP contribution >= 0.6 is 0 Å². The first-order valence-electron chi connectivity index (χ1n) is 5.20. The van der Waals surface area contributed by atoms with Crippen molar-refractivity contribution in [2.45, 2.75) is 32.3 Å². The van der Waals surface area contributed by atoms with Gasteiger partial charge in [0.15, 0.2) is 0 Å². The Balaban J connectivity index is 1.98. The van der Waals surface area contributed by atoms with E-state index >= 15 is 0 Å². The Hall–Kier alpha value is -0.120. The zero-order chi connectivity index (χ0) is 9.36. The smallest absolute Gasteiger partial charge is 0.0831 e. The molecule has 3 heteroatoms. The van der Waals surface area contributed by atoms with Gasteiger partial charge in [0, 0.05) is 13.2 Å². The van der Waals surface area contributed by atoms with Crippen molar-refractivity contribution in [1.29, 1.82) is 0 Å². The van der Waals surface area contributed by atoms with E-state index < -0.39 is 0 Å². The van der Waals surface area contributed by atoms with E-state index in [-0.39, 0.29) is 6.10 Å². The fourth-order valence-electron chi connectivity index (χ4n) is 1.27. The maximum atomic E-state index is 5.53. The summed E-state index contributed by atoms with van der Waals surface area (Å²) in [6.45, 7) is 6.00. The van der Waals surface area contributed by atoms with Crippen LogP contribution in [0.25, 0.3) is 0 Å². The summed E-state index contributed by atoms with van der Waals surface area (Å²) in [5.41, 5.74) is 0. The lowest BCUT2D eigenvalue weighted by Crippen LogP contribution is -2.20. The minimum absolute atomic E-state index is 0.249. The second-order valence-electron chi connectivity index (χ2n) is 3.32. The molecule has 0 bridgehead atoms. The highest BCUT2D eigenvalue weighted by Gasteiger charge is 2.12. The molecule has 1 heterocycles. The van der Waals surface area contributed by atoms with Crippen LogP contribution in [0.15, 0.2) is 0 Å². The van der Waals surface area contributed by atoms with Gasteiger partial charge in [-0.1, -0.05) is 13.3 Å². The lowest BCUT2D eigenvalue weighted by molar-refractivity contribution is -0.0122. The molecule has 1 fully saturated rings. The SMILES string of the molecule is CCCCOCC1CCOCCO1. The van der Waals surface area contributed by atoms with Crippen LogP contribution in [0.4, 0.5) is 0 Å². The van der Waals surface area contributed by atoms with Crippen LogP contribution in [-0.2, 0) is 14.2 Å². The van der Waals surface area contributed by atoms with Crippen molar-refractivity contribution in [2.24, 2.45) is 0 Å². The fourth-order valence-corrected chi connectivity index (χ4v) is 1.27. The summed E-state index contributed by atoms with van der Waals surface area (Å²) in [6, 6.07) is 0. The van der Waals surface area contributed by atoms with Crippen LogP contribution in [0, 0.1) is 0 Å². The van der Waals surface area contributed by atoms with Crippen molar-refractivity contribution in [2.75, 3.05) is 33.0 Å². The first-order valence-corrected chi connectivity index (χ1v) is 5.20. The molecule has 3 nitrogen and oxygen atoms in total. The van der Waals surface area contributed by atoms with Gasteiger partial charge >= 0.3 is 0 Å². The first-order chi connectivity index (χ1) is 6.43. The summed E-state index contributed by atoms with van der Waals surface area (Å²) in [4.78, 5) is 0. The van der Waals surface area contributed by atoms with Gasteiger partial charge in [-0.2, -0.15) is 0 Å². The molecule has 13 heavy (non-hydrogen) atoms. The van der Waals surface area contributed by atoms with E-state index in [1.54, 1.807) is 0 Å². The zero-order valence-corrected chi connectivity index (χ0v) is 8.46. The molecule has 1 rings (SSSR count). The van der Waals surface area contributed by atoms with Crippen LogP contribution in [0.5, 0.6) is 0 Å². The molecule has 0 aromatic heterocycles. The minimum Gasteiger partial charge on any atom is -0.379 e. The largest absolute Gasteiger partial charge is 0.379 e. The summed E-state index contributed by atoms with van der Waals surface area (Å²) >= 11 is 0. The molecule has 1 saturated heterocycles. The predicted molar refractivity (Wildman–Crippen MR) is 50.9 cm³/mol. The van der Waals surface area contributed by atoms with Crippen LogP contribution in [0.2, 0.25) is 0 Å². The number of hydrogen-bond donors (Lipinski definition) is 0. The third-order valence-corrected chi connectivity index (χ3v) is 2.11. The van der Waals surface area contributed by atoms with E-state index in [0.717, 1.165) is 39.3 Å². The predicted octanol–water partition coefficient (Wildman–Crippen LogP) is 1.61. The standard InChI is InChI=1S/C10H20O3/c1-2-3-5-12-9-10-4-6-11-7-8-13-10/h10H,2-9H2,1H3. The Morgan fingerprint density at radius 2 is 2.23 bits per heavy atom. The number of rotatable bonds is 5. The van der Waals surface area contributed by atoms with E-state index in [0.29, 0.717) is 6.61 Å². The van der Waals surface area contributed by atoms with Crippen molar-refractivity contribution >= 4 is 0 Å². The Bertz CT molecular complexity index is 109. The van der Waals surface area contributed by atoms with Crippen LogP contribution in [-0.4, -0.2) is 39.1 Å². The number of unbranched alkanes of at least 4 members (excludes halogenated alkanes) is 1. The molecule has 1 unspecified atom stereocenters. The molecule has 0 aromatic carbocycles. The van der Waals surface area contributed by atoms with Gasteiger partial charge in [-0.05, 0) is 12.8 Å². The molecule has 0 aliphatic carbocycles. The molecule has 0 radical (unpaired) electrons. The van der Waals surface area contributed by atoms with E-state index in [9.17, 15) is 0 Å². The average molecular weight is 188 g/mol. The number of ether oxygens (including phenoxy) is 3. The fraction of sp³-hybridized carbons (Fsp3) is 1.00. The van der Waals surface area contributed by atoms with Gasteiger partial charge in [0.1, 0.15) is 0 Å². The van der Waals surface area contributed by atoms with Gasteiger partial charge < -0.3 is 14.2 Å². The van der Waals surface area contributed by atoms with Gasteiger partial charge in [-0.3, -0.25) is 0 Å². The maximum Gasteiger partial charge on any atom is 0.0831 e. The Morgan fingerprint density at radius 1 is 1.31 bits per heavy atom. The zero-order valence-electron chi connectivity index (χ0n) is 8.46. The van der Waals surface area contributed by atoms with Crippen molar-refractivity contribution < 1.29 is 14.2 Å². The third kappa shape index (κ3) is 5.24. The number of hydrogen-bond acceptors (Lipinski definition) is 3. The highest BCUT2D eigenvalue weighted by molar-refractivity contribution is 4.59. The van der Waals surface area contributed by atoms with Crippen molar-refractivity contribution in [3.63, 3.8) is 0 Å². The Labute approximate surface area is 80.4 Å². The first kappa shape index (κ1) is 11.0. The van der Waals surface area contributed by atoms with Crippen LogP contribution in [0.3, 0.4) is 0 Å². The molecule has 0 aromatic rings. The molecule has 0 saturated carbocycles. The summed E-state index contributed by atoms with van der Waals surface area (Å²) in [7, 11) is 0. The molecule has 1 aliphatic rings. The van der Waals surface area contributed by atoms with Crippen LogP contribution in [0.1, 0.15) is 26.2 Å². The molecule has 0 spiro atoms. The average Bonchev–Trinajstić information content (AvgIpc) is 2.41. The van der Waals surface area contributed by atoms with Gasteiger partial charge in [-0.15, -0.1) is 0 Å². The molecular weight excluding hydrogens is 168 g/mol. The summed E-state index contributed by atoms with van der Waals surface area (Å²) in [5, 5.41) is 0. The summed E-state index contributed by atoms with van der Waals surface area (Å²) in [6.07, 6.45) is 3.55.